The molecule has 1 aromatic carbocycles. The Morgan fingerprint density at radius 2 is 1.89 bits per heavy atom. The molecule has 90 valence electrons. The smallest absolute Gasteiger partial charge is 0.137 e. The van der Waals surface area contributed by atoms with Gasteiger partial charge in [0.25, 0.3) is 0 Å². The second-order valence-corrected chi connectivity index (χ2v) is 4.49. The third-order valence-electron chi connectivity index (χ3n) is 2.92. The minimum atomic E-state index is 0.422. The first-order valence-corrected chi connectivity index (χ1v) is 6.09. The summed E-state index contributed by atoms with van der Waals surface area (Å²) in [6.45, 7) is 0.422. The second kappa shape index (κ2) is 4.44. The van der Waals surface area contributed by atoms with Crippen LogP contribution in [0.15, 0.2) is 48.7 Å². The molecule has 3 aromatic rings. The lowest BCUT2D eigenvalue weighted by molar-refractivity contribution is 0.962. The van der Waals surface area contributed by atoms with Crippen molar-refractivity contribution in [2.75, 3.05) is 0 Å². The molecule has 0 atom stereocenters. The zero-order valence-corrected chi connectivity index (χ0v) is 10.4. The number of nitrogens with zero attached hydrogens (tertiary/aromatic N) is 2. The van der Waals surface area contributed by atoms with Crippen molar-refractivity contribution in [1.82, 2.24) is 9.38 Å². The van der Waals surface area contributed by atoms with Crippen molar-refractivity contribution < 1.29 is 0 Å². The van der Waals surface area contributed by atoms with Gasteiger partial charge in [-0.05, 0) is 12.1 Å². The Morgan fingerprint density at radius 1 is 1.11 bits per heavy atom. The second-order valence-electron chi connectivity index (χ2n) is 4.05. The van der Waals surface area contributed by atoms with Crippen molar-refractivity contribution in [3.05, 3.63) is 59.4 Å². The van der Waals surface area contributed by atoms with Gasteiger partial charge >= 0.3 is 0 Å². The van der Waals surface area contributed by atoms with Crippen LogP contribution in [0.1, 0.15) is 5.69 Å². The van der Waals surface area contributed by atoms with Gasteiger partial charge in [0.05, 0.1) is 16.4 Å². The number of halogens is 1. The highest BCUT2D eigenvalue weighted by atomic mass is 35.5. The monoisotopic (exact) mass is 257 g/mol. The lowest BCUT2D eigenvalue weighted by Crippen LogP contribution is -2.02. The third-order valence-corrected chi connectivity index (χ3v) is 3.15. The summed E-state index contributed by atoms with van der Waals surface area (Å²) >= 11 is 6.01. The van der Waals surface area contributed by atoms with Crippen molar-refractivity contribution in [3.8, 4) is 11.3 Å². The number of hydrogen-bond donors (Lipinski definition) is 1. The summed E-state index contributed by atoms with van der Waals surface area (Å²) in [4.78, 5) is 4.62. The van der Waals surface area contributed by atoms with Crippen LogP contribution >= 0.6 is 11.6 Å². The summed E-state index contributed by atoms with van der Waals surface area (Å²) in [6, 6.07) is 13.8. The number of imidazole rings is 1. The summed E-state index contributed by atoms with van der Waals surface area (Å²) in [5, 5.41) is 0.675. The fraction of sp³-hybridized carbons (Fsp3) is 0.0714. The number of nitrogens with two attached hydrogens (primary N) is 1. The maximum absolute atomic E-state index is 6.01. The highest BCUT2D eigenvalue weighted by Gasteiger charge is 2.12. The maximum atomic E-state index is 6.01. The summed E-state index contributed by atoms with van der Waals surface area (Å²) in [6.07, 6.45) is 1.85. The lowest BCUT2D eigenvalue weighted by atomic mass is 10.1. The molecule has 3 nitrogen and oxygen atoms in total. The molecule has 0 amide bonds. The molecule has 3 rings (SSSR count). The van der Waals surface area contributed by atoms with Crippen LogP contribution in [0, 0.1) is 0 Å². The van der Waals surface area contributed by atoms with Gasteiger partial charge in [0, 0.05) is 18.3 Å². The van der Waals surface area contributed by atoms with E-state index in [4.69, 9.17) is 17.3 Å². The molecular weight excluding hydrogens is 246 g/mol. The van der Waals surface area contributed by atoms with E-state index < -0.39 is 0 Å². The molecule has 0 radical (unpaired) electrons. The molecule has 0 aliphatic rings. The molecule has 2 heterocycles. The molecule has 0 aliphatic heterocycles. The van der Waals surface area contributed by atoms with Crippen molar-refractivity contribution in [2.45, 2.75) is 6.54 Å². The van der Waals surface area contributed by atoms with Crippen LogP contribution in [0.5, 0.6) is 0 Å². The van der Waals surface area contributed by atoms with Crippen LogP contribution in [0.3, 0.4) is 0 Å². The molecule has 0 bridgehead atoms. The fourth-order valence-electron chi connectivity index (χ4n) is 2.09. The van der Waals surface area contributed by atoms with Crippen LogP contribution in [0.25, 0.3) is 16.9 Å². The number of hydrogen-bond acceptors (Lipinski definition) is 2. The summed E-state index contributed by atoms with van der Waals surface area (Å²) in [5.74, 6) is 0. The Hall–Kier alpha value is -1.84. The van der Waals surface area contributed by atoms with E-state index >= 15 is 0 Å². The van der Waals surface area contributed by atoms with Gasteiger partial charge in [0.1, 0.15) is 5.65 Å². The predicted molar refractivity (Wildman–Crippen MR) is 73.5 cm³/mol. The van der Waals surface area contributed by atoms with Crippen molar-refractivity contribution in [2.24, 2.45) is 5.73 Å². The first-order valence-electron chi connectivity index (χ1n) is 5.71. The predicted octanol–water partition coefficient (Wildman–Crippen LogP) is 3.11. The summed E-state index contributed by atoms with van der Waals surface area (Å²) in [5.41, 5.74) is 9.66. The SMILES string of the molecule is NCc1c(-c2ccccc2)nc2ccc(Cl)cn12. The molecule has 0 saturated heterocycles. The fourth-order valence-corrected chi connectivity index (χ4v) is 2.25. The molecule has 2 N–H and O–H groups in total. The Balaban J connectivity index is 2.30. The zero-order valence-electron chi connectivity index (χ0n) is 9.68. The summed E-state index contributed by atoms with van der Waals surface area (Å²) in [7, 11) is 0. The van der Waals surface area contributed by atoms with Gasteiger partial charge in [-0.2, -0.15) is 0 Å². The standard InChI is InChI=1S/C14H12ClN3/c15-11-6-7-13-17-14(10-4-2-1-3-5-10)12(8-16)18(13)9-11/h1-7,9H,8,16H2. The van der Waals surface area contributed by atoms with Gasteiger partial charge in [0.2, 0.25) is 0 Å². The number of pyridine rings is 1. The molecule has 0 unspecified atom stereocenters. The van der Waals surface area contributed by atoms with Gasteiger partial charge in [-0.3, -0.25) is 0 Å². The molecule has 2 aromatic heterocycles. The van der Waals surface area contributed by atoms with Crippen molar-refractivity contribution in [3.63, 3.8) is 0 Å². The Bertz CT molecular complexity index is 689. The molecule has 0 saturated carbocycles. The van der Waals surface area contributed by atoms with E-state index in [0.29, 0.717) is 11.6 Å². The molecule has 0 spiro atoms. The van der Waals surface area contributed by atoms with Gasteiger partial charge in [-0.25, -0.2) is 4.98 Å². The van der Waals surface area contributed by atoms with E-state index in [-0.39, 0.29) is 0 Å². The van der Waals surface area contributed by atoms with E-state index in [1.165, 1.54) is 0 Å². The highest BCUT2D eigenvalue weighted by Crippen LogP contribution is 2.25. The first kappa shape index (κ1) is 11.3. The van der Waals surface area contributed by atoms with Crippen LogP contribution in [0.2, 0.25) is 5.02 Å². The normalized spacial score (nSPS) is 11.0. The van der Waals surface area contributed by atoms with E-state index in [2.05, 4.69) is 4.98 Å². The van der Waals surface area contributed by atoms with Gasteiger partial charge < -0.3 is 10.1 Å². The van der Waals surface area contributed by atoms with Gasteiger partial charge in [-0.15, -0.1) is 0 Å². The zero-order chi connectivity index (χ0) is 12.5. The molecule has 0 aliphatic carbocycles. The average Bonchev–Trinajstić information content (AvgIpc) is 2.77. The minimum absolute atomic E-state index is 0.422. The van der Waals surface area contributed by atoms with E-state index in [0.717, 1.165) is 22.6 Å². The van der Waals surface area contributed by atoms with E-state index in [9.17, 15) is 0 Å². The quantitative estimate of drug-likeness (QED) is 0.767. The van der Waals surface area contributed by atoms with Crippen LogP contribution in [0.4, 0.5) is 0 Å². The third kappa shape index (κ3) is 1.78. The maximum Gasteiger partial charge on any atom is 0.137 e. The largest absolute Gasteiger partial charge is 0.325 e. The number of aromatic nitrogens is 2. The molecule has 18 heavy (non-hydrogen) atoms. The van der Waals surface area contributed by atoms with Crippen LogP contribution in [-0.4, -0.2) is 9.38 Å². The molecule has 4 heteroatoms. The summed E-state index contributed by atoms with van der Waals surface area (Å²) < 4.78 is 1.95. The van der Waals surface area contributed by atoms with Crippen LogP contribution < -0.4 is 5.73 Å². The Kier molecular flexibility index (Phi) is 2.78. The van der Waals surface area contributed by atoms with Gasteiger partial charge in [-0.1, -0.05) is 41.9 Å². The number of rotatable bonds is 2. The van der Waals surface area contributed by atoms with Crippen molar-refractivity contribution >= 4 is 17.2 Å². The van der Waals surface area contributed by atoms with E-state index in [1.54, 1.807) is 0 Å². The molecular formula is C14H12ClN3. The topological polar surface area (TPSA) is 43.3 Å². The minimum Gasteiger partial charge on any atom is -0.325 e. The number of fused-ring (bicyclic) bond motifs is 1. The van der Waals surface area contributed by atoms with E-state index in [1.807, 2.05) is 53.1 Å². The molecule has 0 fully saturated rings. The average molecular weight is 258 g/mol. The van der Waals surface area contributed by atoms with Crippen molar-refractivity contribution in [1.29, 1.82) is 0 Å². The lowest BCUT2D eigenvalue weighted by Gasteiger charge is -2.02. The number of benzene rings is 1. The van der Waals surface area contributed by atoms with Gasteiger partial charge in [0.15, 0.2) is 0 Å². The Morgan fingerprint density at radius 3 is 2.61 bits per heavy atom. The highest BCUT2D eigenvalue weighted by molar-refractivity contribution is 6.30. The van der Waals surface area contributed by atoms with Crippen LogP contribution in [-0.2, 0) is 6.54 Å². The first-order chi connectivity index (χ1) is 8.79. The Labute approximate surface area is 110 Å².